The highest BCUT2D eigenvalue weighted by Crippen LogP contribution is 2.35. The summed E-state index contributed by atoms with van der Waals surface area (Å²) in [5.41, 5.74) is 4.36. The highest BCUT2D eigenvalue weighted by atomic mass is 32.2. The van der Waals surface area contributed by atoms with E-state index >= 15 is 0 Å². The second-order valence-electron chi connectivity index (χ2n) is 5.69. The third kappa shape index (κ3) is 2.51. The molecule has 0 fully saturated rings. The molecule has 0 amide bonds. The van der Waals surface area contributed by atoms with Gasteiger partial charge in [0.2, 0.25) is 0 Å². The second-order valence-corrected chi connectivity index (χ2v) is 7.07. The fourth-order valence-corrected chi connectivity index (χ4v) is 3.65. The van der Waals surface area contributed by atoms with Crippen LogP contribution in [0.5, 0.6) is 0 Å². The van der Waals surface area contributed by atoms with Crippen molar-refractivity contribution in [3.8, 4) is 22.5 Å². The molecule has 0 unspecified atom stereocenters. The highest BCUT2D eigenvalue weighted by molar-refractivity contribution is 7.84. The minimum atomic E-state index is -0.955. The lowest BCUT2D eigenvalue weighted by atomic mass is 10.1. The van der Waals surface area contributed by atoms with Gasteiger partial charge in [-0.3, -0.25) is 9.19 Å². The first-order valence-corrected chi connectivity index (χ1v) is 9.23. The van der Waals surface area contributed by atoms with Crippen molar-refractivity contribution >= 4 is 10.8 Å². The van der Waals surface area contributed by atoms with E-state index < -0.39 is 10.8 Å². The van der Waals surface area contributed by atoms with Crippen LogP contribution < -0.4 is 0 Å². The average molecular weight is 323 g/mol. The molecular formula is C18H17N3OS. The Hall–Kier alpha value is -2.27. The van der Waals surface area contributed by atoms with Gasteiger partial charge in [-0.15, -0.1) is 0 Å². The molecule has 0 bridgehead atoms. The molecule has 23 heavy (non-hydrogen) atoms. The van der Waals surface area contributed by atoms with E-state index in [1.165, 1.54) is 0 Å². The zero-order valence-electron chi connectivity index (χ0n) is 12.9. The topological polar surface area (TPSA) is 47.8 Å². The van der Waals surface area contributed by atoms with Crippen LogP contribution >= 0.6 is 0 Å². The number of hydrogen-bond donors (Lipinski definition) is 0. The average Bonchev–Trinajstić information content (AvgIpc) is 3.16. The van der Waals surface area contributed by atoms with Crippen LogP contribution in [0.2, 0.25) is 0 Å². The molecule has 4 rings (SSSR count). The third-order valence-electron chi connectivity index (χ3n) is 4.24. The summed E-state index contributed by atoms with van der Waals surface area (Å²) in [6.45, 7) is 1.00. The molecule has 116 valence electrons. The lowest BCUT2D eigenvalue weighted by Gasteiger charge is -2.09. The van der Waals surface area contributed by atoms with Gasteiger partial charge in [0.25, 0.3) is 0 Å². The Morgan fingerprint density at radius 2 is 1.78 bits per heavy atom. The van der Waals surface area contributed by atoms with Crippen LogP contribution in [0.4, 0.5) is 0 Å². The number of nitrogens with zero attached hydrogens (tertiary/aromatic N) is 3. The summed E-state index contributed by atoms with van der Waals surface area (Å²) >= 11 is 0. The Kier molecular flexibility index (Phi) is 3.58. The summed E-state index contributed by atoms with van der Waals surface area (Å²) in [6.07, 6.45) is 7.46. The number of benzene rings is 1. The molecular weight excluding hydrogens is 306 g/mol. The smallest absolute Gasteiger partial charge is 0.109 e. The van der Waals surface area contributed by atoms with Crippen LogP contribution in [0.15, 0.2) is 53.7 Å². The summed E-state index contributed by atoms with van der Waals surface area (Å²) in [4.78, 5) is 9.82. The Morgan fingerprint density at radius 1 is 1.04 bits per heavy atom. The Bertz CT molecular complexity index is 869. The molecule has 4 nitrogen and oxygen atoms in total. The second kappa shape index (κ2) is 5.74. The first-order chi connectivity index (χ1) is 11.2. The number of fused-ring (bicyclic) bond motifs is 1. The van der Waals surface area contributed by atoms with Crippen LogP contribution in [0, 0.1) is 0 Å². The van der Waals surface area contributed by atoms with Gasteiger partial charge in [-0.05, 0) is 30.7 Å². The van der Waals surface area contributed by atoms with E-state index in [9.17, 15) is 4.21 Å². The number of pyridine rings is 1. The molecule has 0 radical (unpaired) electrons. The van der Waals surface area contributed by atoms with Gasteiger partial charge in [0.1, 0.15) is 5.82 Å². The fraction of sp³-hybridized carbons (Fsp3) is 0.222. The van der Waals surface area contributed by atoms with E-state index in [1.54, 1.807) is 18.6 Å². The zero-order valence-corrected chi connectivity index (χ0v) is 13.7. The first kappa shape index (κ1) is 14.3. The summed E-state index contributed by atoms with van der Waals surface area (Å²) in [5, 5.41) is 0. The predicted octanol–water partition coefficient (Wildman–Crippen LogP) is 3.30. The summed E-state index contributed by atoms with van der Waals surface area (Å²) in [6, 6.07) is 12.0. The fourth-order valence-electron chi connectivity index (χ4n) is 3.13. The molecule has 0 aliphatic carbocycles. The highest BCUT2D eigenvalue weighted by Gasteiger charge is 2.23. The van der Waals surface area contributed by atoms with E-state index in [2.05, 4.69) is 9.55 Å². The summed E-state index contributed by atoms with van der Waals surface area (Å²) < 4.78 is 13.9. The van der Waals surface area contributed by atoms with Gasteiger partial charge in [0.05, 0.1) is 11.4 Å². The molecule has 1 aromatic carbocycles. The van der Waals surface area contributed by atoms with Crippen molar-refractivity contribution in [3.63, 3.8) is 0 Å². The predicted molar refractivity (Wildman–Crippen MR) is 91.5 cm³/mol. The number of aromatic nitrogens is 3. The van der Waals surface area contributed by atoms with Gasteiger partial charge >= 0.3 is 0 Å². The van der Waals surface area contributed by atoms with E-state index in [-0.39, 0.29) is 0 Å². The monoisotopic (exact) mass is 323 g/mol. The molecule has 0 spiro atoms. The molecule has 3 heterocycles. The Morgan fingerprint density at radius 3 is 2.48 bits per heavy atom. The zero-order chi connectivity index (χ0) is 15.8. The number of imidazole rings is 1. The van der Waals surface area contributed by atoms with Crippen LogP contribution in [0.3, 0.4) is 0 Å². The first-order valence-electron chi connectivity index (χ1n) is 7.68. The molecule has 0 N–H and O–H groups in total. The molecule has 2 aromatic heterocycles. The lowest BCUT2D eigenvalue weighted by molar-refractivity contribution is 0.687. The standard InChI is InChI=1S/C18H17N3OS/c1-23(22)15-6-4-14(5-7-15)18-17(13-8-10-19-11-9-13)20-16-3-2-12-21(16)18/h4-11H,2-3,12H2,1H3/t23-/m1/s1. The van der Waals surface area contributed by atoms with Crippen molar-refractivity contribution in [2.45, 2.75) is 24.3 Å². The molecule has 1 aliphatic heterocycles. The minimum absolute atomic E-state index is 0.848. The van der Waals surface area contributed by atoms with Gasteiger partial charge in [-0.25, -0.2) is 4.98 Å². The van der Waals surface area contributed by atoms with E-state index in [4.69, 9.17) is 4.98 Å². The van der Waals surface area contributed by atoms with Crippen molar-refractivity contribution in [1.82, 2.24) is 14.5 Å². The van der Waals surface area contributed by atoms with Crippen molar-refractivity contribution in [2.75, 3.05) is 6.26 Å². The van der Waals surface area contributed by atoms with Gasteiger partial charge in [-0.1, -0.05) is 12.1 Å². The van der Waals surface area contributed by atoms with E-state index in [1.807, 2.05) is 36.4 Å². The SMILES string of the molecule is C[S@@](=O)c1ccc(-c2c(-c3ccncc3)nc3n2CCC3)cc1. The van der Waals surface area contributed by atoms with E-state index in [0.29, 0.717) is 0 Å². The van der Waals surface area contributed by atoms with Crippen LogP contribution in [0.1, 0.15) is 12.2 Å². The molecule has 1 aliphatic rings. The minimum Gasteiger partial charge on any atom is -0.327 e. The molecule has 5 heteroatoms. The Balaban J connectivity index is 1.88. The summed E-state index contributed by atoms with van der Waals surface area (Å²) in [5.74, 6) is 1.15. The van der Waals surface area contributed by atoms with Crippen molar-refractivity contribution in [3.05, 3.63) is 54.6 Å². The maximum atomic E-state index is 11.6. The largest absolute Gasteiger partial charge is 0.327 e. The molecule has 3 aromatic rings. The van der Waals surface area contributed by atoms with Crippen LogP contribution in [-0.2, 0) is 23.8 Å². The molecule has 0 saturated carbocycles. The van der Waals surface area contributed by atoms with Gasteiger partial charge in [0.15, 0.2) is 0 Å². The van der Waals surface area contributed by atoms with Crippen molar-refractivity contribution in [1.29, 1.82) is 0 Å². The van der Waals surface area contributed by atoms with E-state index in [0.717, 1.165) is 52.6 Å². The number of rotatable bonds is 3. The van der Waals surface area contributed by atoms with Gasteiger partial charge in [-0.2, -0.15) is 0 Å². The lowest BCUT2D eigenvalue weighted by Crippen LogP contribution is -1.97. The van der Waals surface area contributed by atoms with Crippen molar-refractivity contribution in [2.24, 2.45) is 0 Å². The maximum Gasteiger partial charge on any atom is 0.109 e. The maximum absolute atomic E-state index is 11.6. The van der Waals surface area contributed by atoms with Gasteiger partial charge in [0, 0.05) is 58.4 Å². The van der Waals surface area contributed by atoms with Gasteiger partial charge < -0.3 is 4.57 Å². The third-order valence-corrected chi connectivity index (χ3v) is 5.18. The quantitative estimate of drug-likeness (QED) is 0.743. The number of aryl methyl sites for hydroxylation is 1. The Labute approximate surface area is 137 Å². The summed E-state index contributed by atoms with van der Waals surface area (Å²) in [7, 11) is -0.955. The van der Waals surface area contributed by atoms with Crippen molar-refractivity contribution < 1.29 is 4.21 Å². The van der Waals surface area contributed by atoms with Crippen LogP contribution in [0.25, 0.3) is 22.5 Å². The molecule has 1 atom stereocenters. The normalized spacial score (nSPS) is 14.7. The van der Waals surface area contributed by atoms with Crippen LogP contribution in [-0.4, -0.2) is 25.0 Å². The number of hydrogen-bond acceptors (Lipinski definition) is 3. The molecule has 0 saturated heterocycles.